The lowest BCUT2D eigenvalue weighted by molar-refractivity contribution is -0.142. The van der Waals surface area contributed by atoms with E-state index in [2.05, 4.69) is 0 Å². The molecule has 0 amide bonds. The summed E-state index contributed by atoms with van der Waals surface area (Å²) >= 11 is 0. The fraction of sp³-hybridized carbons (Fsp3) is 0.417. The minimum absolute atomic E-state index is 0.145. The van der Waals surface area contributed by atoms with Crippen LogP contribution < -0.4 is 0 Å². The van der Waals surface area contributed by atoms with Crippen LogP contribution in [0.15, 0.2) is 18.2 Å². The van der Waals surface area contributed by atoms with Crippen molar-refractivity contribution in [1.29, 1.82) is 0 Å². The third-order valence-electron chi connectivity index (χ3n) is 2.96. The first-order valence-corrected chi connectivity index (χ1v) is 5.24. The van der Waals surface area contributed by atoms with Crippen molar-refractivity contribution in [3.05, 3.63) is 35.4 Å². The molecule has 1 aliphatic rings. The van der Waals surface area contributed by atoms with Gasteiger partial charge in [0.25, 0.3) is 0 Å². The van der Waals surface area contributed by atoms with Crippen LogP contribution in [-0.4, -0.2) is 11.1 Å². The van der Waals surface area contributed by atoms with Crippen molar-refractivity contribution >= 4 is 5.97 Å². The summed E-state index contributed by atoms with van der Waals surface area (Å²) in [5.41, 5.74) is 0.278. The van der Waals surface area contributed by atoms with E-state index in [0.717, 1.165) is 25.0 Å². The fourth-order valence-corrected chi connectivity index (χ4v) is 1.88. The van der Waals surface area contributed by atoms with E-state index in [4.69, 9.17) is 5.11 Å². The molecule has 1 saturated carbocycles. The first-order chi connectivity index (χ1) is 7.58. The third-order valence-corrected chi connectivity index (χ3v) is 2.96. The van der Waals surface area contributed by atoms with Crippen molar-refractivity contribution < 1.29 is 18.7 Å². The van der Waals surface area contributed by atoms with E-state index in [-0.39, 0.29) is 17.9 Å². The molecule has 1 aliphatic carbocycles. The van der Waals surface area contributed by atoms with Crippen molar-refractivity contribution in [1.82, 2.24) is 0 Å². The van der Waals surface area contributed by atoms with Gasteiger partial charge in [0.15, 0.2) is 0 Å². The van der Waals surface area contributed by atoms with Gasteiger partial charge in [0.1, 0.15) is 11.6 Å². The highest BCUT2D eigenvalue weighted by Gasteiger charge is 2.36. The Bertz CT molecular complexity index is 413. The zero-order valence-electron chi connectivity index (χ0n) is 8.62. The van der Waals surface area contributed by atoms with Crippen LogP contribution in [0.1, 0.15) is 18.4 Å². The minimum atomic E-state index is -0.897. The van der Waals surface area contributed by atoms with Gasteiger partial charge in [-0.05, 0) is 36.8 Å². The number of carboxylic acids is 1. The maximum Gasteiger partial charge on any atom is 0.307 e. The van der Waals surface area contributed by atoms with Gasteiger partial charge in [-0.15, -0.1) is 0 Å². The van der Waals surface area contributed by atoms with Gasteiger partial charge in [0.05, 0.1) is 5.92 Å². The molecule has 1 N–H and O–H groups in total. The molecule has 1 fully saturated rings. The summed E-state index contributed by atoms with van der Waals surface area (Å²) in [6, 6.07) is 3.27. The molecule has 0 radical (unpaired) electrons. The molecule has 2 nitrogen and oxygen atoms in total. The number of hydrogen-bond donors (Lipinski definition) is 1. The van der Waals surface area contributed by atoms with E-state index in [9.17, 15) is 13.6 Å². The van der Waals surface area contributed by atoms with Crippen molar-refractivity contribution in [3.8, 4) is 0 Å². The minimum Gasteiger partial charge on any atom is -0.481 e. The monoisotopic (exact) mass is 226 g/mol. The lowest BCUT2D eigenvalue weighted by atomic mass is 9.94. The van der Waals surface area contributed by atoms with Crippen LogP contribution in [0.4, 0.5) is 8.78 Å². The summed E-state index contributed by atoms with van der Waals surface area (Å²) in [6.07, 6.45) is 1.92. The van der Waals surface area contributed by atoms with Crippen LogP contribution in [0.5, 0.6) is 0 Å². The molecular weight excluding hydrogens is 214 g/mol. The van der Waals surface area contributed by atoms with Crippen LogP contribution in [-0.2, 0) is 11.2 Å². The van der Waals surface area contributed by atoms with Gasteiger partial charge >= 0.3 is 5.97 Å². The summed E-state index contributed by atoms with van der Waals surface area (Å²) < 4.78 is 26.0. The molecule has 0 heterocycles. The molecule has 0 bridgehead atoms. The van der Waals surface area contributed by atoms with Gasteiger partial charge in [0, 0.05) is 6.07 Å². The van der Waals surface area contributed by atoms with Crippen molar-refractivity contribution in [2.24, 2.45) is 11.8 Å². The lowest BCUT2D eigenvalue weighted by Gasteiger charge is -2.11. The summed E-state index contributed by atoms with van der Waals surface area (Å²) in [6.45, 7) is 0. The fourth-order valence-electron chi connectivity index (χ4n) is 1.88. The second-order valence-corrected chi connectivity index (χ2v) is 4.22. The Balaban J connectivity index is 2.15. The molecule has 2 rings (SSSR count). The number of benzene rings is 1. The van der Waals surface area contributed by atoms with Crippen LogP contribution in [0.25, 0.3) is 0 Å². The van der Waals surface area contributed by atoms with Crippen molar-refractivity contribution in [2.75, 3.05) is 0 Å². The molecular formula is C12H12F2O2. The quantitative estimate of drug-likeness (QED) is 0.856. The predicted molar refractivity (Wildman–Crippen MR) is 53.9 cm³/mol. The Morgan fingerprint density at radius 1 is 1.44 bits per heavy atom. The van der Waals surface area contributed by atoms with Crippen LogP contribution in [0, 0.1) is 23.5 Å². The first kappa shape index (κ1) is 11.0. The molecule has 1 aromatic carbocycles. The molecule has 0 saturated heterocycles. The summed E-state index contributed by atoms with van der Waals surface area (Å²) in [7, 11) is 0. The highest BCUT2D eigenvalue weighted by molar-refractivity contribution is 5.71. The Hall–Kier alpha value is -1.45. The van der Waals surface area contributed by atoms with Crippen LogP contribution >= 0.6 is 0 Å². The maximum absolute atomic E-state index is 13.3. The Morgan fingerprint density at radius 2 is 2.12 bits per heavy atom. The van der Waals surface area contributed by atoms with Crippen LogP contribution in [0.3, 0.4) is 0 Å². The van der Waals surface area contributed by atoms with E-state index in [1.54, 1.807) is 0 Å². The Kier molecular flexibility index (Phi) is 2.90. The zero-order chi connectivity index (χ0) is 11.7. The van der Waals surface area contributed by atoms with E-state index in [1.807, 2.05) is 0 Å². The highest BCUT2D eigenvalue weighted by Crippen LogP contribution is 2.38. The molecule has 0 aliphatic heterocycles. The number of hydrogen-bond acceptors (Lipinski definition) is 1. The third kappa shape index (κ3) is 2.38. The zero-order valence-corrected chi connectivity index (χ0v) is 8.62. The molecule has 1 unspecified atom stereocenters. The summed E-state index contributed by atoms with van der Waals surface area (Å²) in [5.74, 6) is -2.58. The topological polar surface area (TPSA) is 37.3 Å². The standard InChI is InChI=1S/C12H12F2O2/c13-9-4-3-8(11(14)6-9)5-10(12(15)16)7-1-2-7/h3-4,6-7,10H,1-2,5H2,(H,15,16). The number of halogens is 2. The predicted octanol–water partition coefficient (Wildman–Crippen LogP) is 2.62. The Labute approximate surface area is 91.9 Å². The number of carbonyl (C=O) groups is 1. The normalized spacial score (nSPS) is 17.1. The van der Waals surface area contributed by atoms with Crippen molar-refractivity contribution in [3.63, 3.8) is 0 Å². The largest absolute Gasteiger partial charge is 0.481 e. The van der Waals surface area contributed by atoms with Gasteiger partial charge in [-0.3, -0.25) is 4.79 Å². The maximum atomic E-state index is 13.3. The first-order valence-electron chi connectivity index (χ1n) is 5.24. The van der Waals surface area contributed by atoms with Gasteiger partial charge in [-0.1, -0.05) is 6.07 Å². The average molecular weight is 226 g/mol. The molecule has 86 valence electrons. The highest BCUT2D eigenvalue weighted by atomic mass is 19.1. The molecule has 0 spiro atoms. The molecule has 1 aromatic rings. The molecule has 1 atom stereocenters. The van der Waals surface area contributed by atoms with Gasteiger partial charge in [-0.25, -0.2) is 8.78 Å². The molecule has 16 heavy (non-hydrogen) atoms. The Morgan fingerprint density at radius 3 is 2.62 bits per heavy atom. The number of carboxylic acid groups (broad SMARTS) is 1. The number of aliphatic carboxylic acids is 1. The van der Waals surface area contributed by atoms with Crippen molar-refractivity contribution in [2.45, 2.75) is 19.3 Å². The second kappa shape index (κ2) is 4.20. The SMILES string of the molecule is O=C(O)C(Cc1ccc(F)cc1F)C1CC1. The second-order valence-electron chi connectivity index (χ2n) is 4.22. The van der Waals surface area contributed by atoms with E-state index in [0.29, 0.717) is 0 Å². The van der Waals surface area contributed by atoms with Gasteiger partial charge in [-0.2, -0.15) is 0 Å². The van der Waals surface area contributed by atoms with Gasteiger partial charge in [0.2, 0.25) is 0 Å². The van der Waals surface area contributed by atoms with E-state index in [1.165, 1.54) is 6.07 Å². The molecule has 0 aromatic heterocycles. The molecule has 4 heteroatoms. The van der Waals surface area contributed by atoms with Gasteiger partial charge < -0.3 is 5.11 Å². The van der Waals surface area contributed by atoms with E-state index >= 15 is 0 Å². The number of rotatable bonds is 4. The average Bonchev–Trinajstić information content (AvgIpc) is 2.99. The van der Waals surface area contributed by atoms with Crippen LogP contribution in [0.2, 0.25) is 0 Å². The van der Waals surface area contributed by atoms with E-state index < -0.39 is 23.5 Å². The summed E-state index contributed by atoms with van der Waals surface area (Å²) in [5, 5.41) is 8.99. The lowest BCUT2D eigenvalue weighted by Crippen LogP contribution is -2.19. The smallest absolute Gasteiger partial charge is 0.307 e. The summed E-state index contributed by atoms with van der Waals surface area (Å²) in [4.78, 5) is 11.0.